The Morgan fingerprint density at radius 1 is 0.903 bits per heavy atom. The van der Waals surface area contributed by atoms with Gasteiger partial charge in [0, 0.05) is 12.7 Å². The Hall–Kier alpha value is -3.63. The molecule has 4 nitrogen and oxygen atoms in total. The number of nitrogens with zero attached hydrogens (tertiary/aromatic N) is 2. The smallest absolute Gasteiger partial charge is 0.342 e. The van der Waals surface area contributed by atoms with Crippen molar-refractivity contribution in [3.05, 3.63) is 83.2 Å². The Balaban J connectivity index is 1.91. The summed E-state index contributed by atoms with van der Waals surface area (Å²) in [6, 6.07) is 4.87. The first-order chi connectivity index (χ1) is 14.5. The van der Waals surface area contributed by atoms with Crippen molar-refractivity contribution in [1.29, 1.82) is 0 Å². The molecule has 3 rings (SSSR count). The summed E-state index contributed by atoms with van der Waals surface area (Å²) >= 11 is 0. The molecule has 0 fully saturated rings. The van der Waals surface area contributed by atoms with Gasteiger partial charge in [-0.1, -0.05) is 0 Å². The maximum absolute atomic E-state index is 14.6. The fourth-order valence-corrected chi connectivity index (χ4v) is 2.84. The van der Waals surface area contributed by atoms with E-state index in [4.69, 9.17) is 0 Å². The highest BCUT2D eigenvalue weighted by Crippen LogP contribution is 2.39. The van der Waals surface area contributed by atoms with E-state index < -0.39 is 52.2 Å². The monoisotopic (exact) mass is 443 g/mol. The first-order valence-corrected chi connectivity index (χ1v) is 8.49. The molecule has 2 aromatic carbocycles. The number of halogens is 7. The fourth-order valence-electron chi connectivity index (χ4n) is 2.84. The Morgan fingerprint density at radius 2 is 1.52 bits per heavy atom. The minimum absolute atomic E-state index is 0.203. The molecule has 0 saturated carbocycles. The fraction of sp³-hybridized carbons (Fsp3) is 0.100. The lowest BCUT2D eigenvalue weighted by molar-refractivity contribution is -0.137. The maximum Gasteiger partial charge on any atom is 0.418 e. The summed E-state index contributed by atoms with van der Waals surface area (Å²) in [6.45, 7) is 0. The highest BCUT2D eigenvalue weighted by molar-refractivity contribution is 6.04. The van der Waals surface area contributed by atoms with Crippen molar-refractivity contribution in [2.75, 3.05) is 17.3 Å². The molecule has 1 N–H and O–H groups in total. The van der Waals surface area contributed by atoms with Crippen LogP contribution in [0.2, 0.25) is 0 Å². The molecular formula is C20H12F7N3O. The number of alkyl halides is 3. The maximum atomic E-state index is 14.6. The highest BCUT2D eigenvalue weighted by atomic mass is 19.4. The zero-order chi connectivity index (χ0) is 22.9. The van der Waals surface area contributed by atoms with E-state index in [0.29, 0.717) is 12.4 Å². The van der Waals surface area contributed by atoms with Crippen LogP contribution in [0, 0.1) is 23.3 Å². The number of rotatable bonds is 4. The van der Waals surface area contributed by atoms with Gasteiger partial charge in [0.15, 0.2) is 11.6 Å². The van der Waals surface area contributed by atoms with E-state index in [1.54, 1.807) is 0 Å². The lowest BCUT2D eigenvalue weighted by Gasteiger charge is -2.24. The molecule has 11 heteroatoms. The minimum Gasteiger partial charge on any atom is -0.342 e. The molecule has 1 aromatic heterocycles. The van der Waals surface area contributed by atoms with Gasteiger partial charge in [-0.2, -0.15) is 13.2 Å². The number of aromatic nitrogens is 1. The van der Waals surface area contributed by atoms with Crippen molar-refractivity contribution in [3.8, 4) is 0 Å². The van der Waals surface area contributed by atoms with Crippen LogP contribution in [0.25, 0.3) is 0 Å². The van der Waals surface area contributed by atoms with Gasteiger partial charge in [0.2, 0.25) is 0 Å². The van der Waals surface area contributed by atoms with Crippen LogP contribution in [-0.4, -0.2) is 17.9 Å². The van der Waals surface area contributed by atoms with E-state index in [0.717, 1.165) is 42.3 Å². The van der Waals surface area contributed by atoms with Crippen molar-refractivity contribution in [2.45, 2.75) is 6.18 Å². The number of hydrogen-bond donors (Lipinski definition) is 1. The molecule has 0 bridgehead atoms. The Kier molecular flexibility index (Phi) is 5.87. The molecule has 3 aromatic rings. The van der Waals surface area contributed by atoms with Crippen molar-refractivity contribution in [1.82, 2.24) is 4.98 Å². The van der Waals surface area contributed by atoms with Gasteiger partial charge < -0.3 is 10.2 Å². The van der Waals surface area contributed by atoms with Gasteiger partial charge in [-0.15, -0.1) is 0 Å². The summed E-state index contributed by atoms with van der Waals surface area (Å²) in [5, 5.41) is 2.09. The number of benzene rings is 2. The molecule has 1 amide bonds. The SMILES string of the molecule is CN(c1ccc(NC(=O)c2c(F)cncc2F)cc1F)c1ccc(F)cc1C(F)(F)F. The van der Waals surface area contributed by atoms with Crippen LogP contribution in [0.3, 0.4) is 0 Å². The van der Waals surface area contributed by atoms with Gasteiger partial charge in [-0.05, 0) is 36.4 Å². The third kappa shape index (κ3) is 4.60. The predicted octanol–water partition coefficient (Wildman–Crippen LogP) is 5.68. The van der Waals surface area contributed by atoms with E-state index in [9.17, 15) is 35.5 Å². The van der Waals surface area contributed by atoms with E-state index in [1.165, 1.54) is 0 Å². The summed E-state index contributed by atoms with van der Waals surface area (Å²) in [7, 11) is 1.14. The molecule has 0 unspecified atom stereocenters. The third-order valence-electron chi connectivity index (χ3n) is 4.27. The summed E-state index contributed by atoms with van der Waals surface area (Å²) in [4.78, 5) is 16.2. The number of hydrogen-bond acceptors (Lipinski definition) is 3. The molecular weight excluding hydrogens is 431 g/mol. The predicted molar refractivity (Wildman–Crippen MR) is 98.0 cm³/mol. The van der Waals surface area contributed by atoms with E-state index >= 15 is 0 Å². The Labute approximate surface area is 170 Å². The van der Waals surface area contributed by atoms with Crippen LogP contribution in [-0.2, 0) is 6.18 Å². The van der Waals surface area contributed by atoms with Crippen molar-refractivity contribution in [3.63, 3.8) is 0 Å². The molecule has 0 aliphatic carbocycles. The summed E-state index contributed by atoms with van der Waals surface area (Å²) in [5.74, 6) is -5.83. The van der Waals surface area contributed by atoms with Crippen molar-refractivity contribution >= 4 is 23.0 Å². The van der Waals surface area contributed by atoms with Gasteiger partial charge in [-0.3, -0.25) is 9.78 Å². The second-order valence-corrected chi connectivity index (χ2v) is 6.32. The molecule has 0 atom stereocenters. The molecule has 31 heavy (non-hydrogen) atoms. The number of carbonyl (C=O) groups is 1. The summed E-state index contributed by atoms with van der Waals surface area (Å²) < 4.78 is 94.9. The molecule has 0 aliphatic heterocycles. The molecule has 0 spiro atoms. The van der Waals surface area contributed by atoms with Gasteiger partial charge in [0.1, 0.15) is 17.2 Å². The number of pyridine rings is 1. The lowest BCUT2D eigenvalue weighted by atomic mass is 10.1. The zero-order valence-corrected chi connectivity index (χ0v) is 15.6. The van der Waals surface area contributed by atoms with Gasteiger partial charge in [0.05, 0.1) is 29.3 Å². The third-order valence-corrected chi connectivity index (χ3v) is 4.27. The van der Waals surface area contributed by atoms with Crippen LogP contribution < -0.4 is 10.2 Å². The van der Waals surface area contributed by atoms with Crippen LogP contribution in [0.1, 0.15) is 15.9 Å². The van der Waals surface area contributed by atoms with Crippen LogP contribution in [0.15, 0.2) is 48.8 Å². The van der Waals surface area contributed by atoms with E-state index in [1.807, 2.05) is 0 Å². The Bertz CT molecular complexity index is 1130. The Morgan fingerprint density at radius 3 is 2.10 bits per heavy atom. The van der Waals surface area contributed by atoms with Crippen LogP contribution in [0.4, 0.5) is 47.8 Å². The average Bonchev–Trinajstić information content (AvgIpc) is 2.66. The van der Waals surface area contributed by atoms with Crippen molar-refractivity contribution < 1.29 is 35.5 Å². The first-order valence-electron chi connectivity index (χ1n) is 8.49. The van der Waals surface area contributed by atoms with Gasteiger partial charge in [-0.25, -0.2) is 17.6 Å². The van der Waals surface area contributed by atoms with Crippen molar-refractivity contribution in [2.24, 2.45) is 0 Å². The van der Waals surface area contributed by atoms with Gasteiger partial charge in [0.25, 0.3) is 5.91 Å². The second-order valence-electron chi connectivity index (χ2n) is 6.32. The molecule has 0 saturated heterocycles. The van der Waals surface area contributed by atoms with E-state index in [2.05, 4.69) is 10.3 Å². The van der Waals surface area contributed by atoms with Crippen LogP contribution >= 0.6 is 0 Å². The summed E-state index contributed by atoms with van der Waals surface area (Å²) in [6.07, 6.45) is -3.65. The normalized spacial score (nSPS) is 11.4. The number of nitrogens with one attached hydrogen (secondary N) is 1. The van der Waals surface area contributed by atoms with Crippen LogP contribution in [0.5, 0.6) is 0 Å². The second kappa shape index (κ2) is 8.25. The quantitative estimate of drug-likeness (QED) is 0.528. The number of amides is 1. The standard InChI is InChI=1S/C20H12F7N3O/c1-30(16-4-2-10(21)6-12(16)20(25,26)27)17-5-3-11(7-13(17)22)29-19(31)18-14(23)8-28-9-15(18)24/h2-9H,1H3,(H,29,31). The highest BCUT2D eigenvalue weighted by Gasteiger charge is 2.35. The average molecular weight is 443 g/mol. The number of anilines is 3. The molecule has 0 aliphatic rings. The largest absolute Gasteiger partial charge is 0.418 e. The molecule has 162 valence electrons. The topological polar surface area (TPSA) is 45.2 Å². The summed E-state index contributed by atoms with van der Waals surface area (Å²) in [5.41, 5.74) is -3.28. The lowest BCUT2D eigenvalue weighted by Crippen LogP contribution is -2.19. The molecule has 1 heterocycles. The first kappa shape index (κ1) is 22.1. The minimum atomic E-state index is -4.89. The molecule has 0 radical (unpaired) electrons. The van der Waals surface area contributed by atoms with Gasteiger partial charge >= 0.3 is 6.18 Å². The zero-order valence-electron chi connectivity index (χ0n) is 15.6. The van der Waals surface area contributed by atoms with E-state index in [-0.39, 0.29) is 17.4 Å². The number of carbonyl (C=O) groups excluding carboxylic acids is 1.